The molecule has 0 aliphatic heterocycles. The Labute approximate surface area is 116 Å². The first-order chi connectivity index (χ1) is 8.72. The molecule has 2 spiro atoms. The van der Waals surface area contributed by atoms with Crippen LogP contribution < -0.4 is 0 Å². The molecule has 0 aromatic heterocycles. The largest absolute Gasteiger partial charge is 0.193 e. The highest BCUT2D eigenvalue weighted by Gasteiger charge is 2.68. The van der Waals surface area contributed by atoms with E-state index in [0.717, 1.165) is 6.42 Å². The Morgan fingerprint density at radius 3 is 2.61 bits per heavy atom. The lowest BCUT2D eigenvalue weighted by atomic mass is 9.68. The van der Waals surface area contributed by atoms with Crippen molar-refractivity contribution in [3.8, 4) is 6.07 Å². The van der Waals surface area contributed by atoms with E-state index < -0.39 is 0 Å². The molecule has 0 saturated heterocycles. The highest BCUT2D eigenvalue weighted by molar-refractivity contribution is 9.10. The molecular weight excluding hydrogens is 286 g/mol. The summed E-state index contributed by atoms with van der Waals surface area (Å²) in [5.41, 5.74) is 5.00. The van der Waals surface area contributed by atoms with Crippen molar-refractivity contribution in [2.24, 2.45) is 5.41 Å². The highest BCUT2D eigenvalue weighted by atomic mass is 79.9. The van der Waals surface area contributed by atoms with Crippen molar-refractivity contribution in [1.82, 2.24) is 0 Å². The second-order valence-electron chi connectivity index (χ2n) is 6.00. The first kappa shape index (κ1) is 10.8. The Bertz CT molecular complexity index is 612. The molecule has 3 aliphatic rings. The molecule has 2 fully saturated rings. The number of hydrogen-bond acceptors (Lipinski definition) is 1. The van der Waals surface area contributed by atoms with E-state index in [9.17, 15) is 0 Å². The van der Waals surface area contributed by atoms with Crippen molar-refractivity contribution in [1.29, 1.82) is 5.26 Å². The summed E-state index contributed by atoms with van der Waals surface area (Å²) in [4.78, 5) is 0. The van der Waals surface area contributed by atoms with Crippen LogP contribution in [0.4, 0.5) is 0 Å². The quantitative estimate of drug-likeness (QED) is 0.644. The topological polar surface area (TPSA) is 23.8 Å². The Morgan fingerprint density at radius 1 is 1.22 bits per heavy atom. The predicted molar refractivity (Wildman–Crippen MR) is 74.9 cm³/mol. The summed E-state index contributed by atoms with van der Waals surface area (Å²) in [6.45, 7) is 0. The maximum Gasteiger partial charge on any atom is 0.0915 e. The van der Waals surface area contributed by atoms with Crippen LogP contribution >= 0.6 is 15.9 Å². The van der Waals surface area contributed by atoms with Crippen LogP contribution in [0.5, 0.6) is 0 Å². The molecule has 0 atom stereocenters. The summed E-state index contributed by atoms with van der Waals surface area (Å²) < 4.78 is 1.24. The molecule has 2 saturated carbocycles. The fourth-order valence-electron chi connectivity index (χ4n) is 4.09. The number of rotatable bonds is 0. The fourth-order valence-corrected chi connectivity index (χ4v) is 4.84. The monoisotopic (exact) mass is 299 g/mol. The summed E-state index contributed by atoms with van der Waals surface area (Å²) in [5.74, 6) is 0. The number of nitriles is 1. The van der Waals surface area contributed by atoms with Crippen molar-refractivity contribution < 1.29 is 0 Å². The number of hydrogen-bond donors (Lipinski definition) is 0. The van der Waals surface area contributed by atoms with Gasteiger partial charge in [-0.1, -0.05) is 28.1 Å². The van der Waals surface area contributed by atoms with Gasteiger partial charge in [0.2, 0.25) is 0 Å². The maximum absolute atomic E-state index is 9.01. The Hall–Kier alpha value is -1.07. The van der Waals surface area contributed by atoms with Gasteiger partial charge in [0, 0.05) is 16.0 Å². The van der Waals surface area contributed by atoms with E-state index in [0.29, 0.717) is 10.8 Å². The maximum atomic E-state index is 9.01. The predicted octanol–water partition coefficient (Wildman–Crippen LogP) is 4.57. The molecule has 0 unspecified atom stereocenters. The van der Waals surface area contributed by atoms with Gasteiger partial charge >= 0.3 is 0 Å². The smallest absolute Gasteiger partial charge is 0.0915 e. The van der Waals surface area contributed by atoms with E-state index in [1.165, 1.54) is 46.9 Å². The van der Waals surface area contributed by atoms with Crippen LogP contribution in [-0.2, 0) is 5.41 Å². The molecule has 0 heterocycles. The van der Waals surface area contributed by atoms with Gasteiger partial charge in [-0.3, -0.25) is 0 Å². The van der Waals surface area contributed by atoms with E-state index >= 15 is 0 Å². The zero-order valence-electron chi connectivity index (χ0n) is 10.2. The Kier molecular flexibility index (Phi) is 1.97. The lowest BCUT2D eigenvalue weighted by molar-refractivity contribution is 0.374. The van der Waals surface area contributed by atoms with Gasteiger partial charge < -0.3 is 0 Å². The average molecular weight is 300 g/mol. The second-order valence-corrected chi connectivity index (χ2v) is 6.85. The third-order valence-electron chi connectivity index (χ3n) is 5.22. The summed E-state index contributed by atoms with van der Waals surface area (Å²) in [6, 6.07) is 8.68. The molecule has 0 bridgehead atoms. The minimum Gasteiger partial charge on any atom is -0.193 e. The number of nitrogens with zero attached hydrogens (tertiary/aromatic N) is 1. The molecule has 0 N–H and O–H groups in total. The Morgan fingerprint density at radius 2 is 2.00 bits per heavy atom. The zero-order chi connectivity index (χ0) is 12.4. The van der Waals surface area contributed by atoms with E-state index in [2.05, 4.69) is 40.2 Å². The van der Waals surface area contributed by atoms with Crippen molar-refractivity contribution in [2.45, 2.75) is 37.5 Å². The van der Waals surface area contributed by atoms with Gasteiger partial charge in [-0.15, -0.1) is 0 Å². The summed E-state index contributed by atoms with van der Waals surface area (Å²) in [6.07, 6.45) is 8.24. The van der Waals surface area contributed by atoms with Gasteiger partial charge in [0.1, 0.15) is 0 Å². The van der Waals surface area contributed by atoms with Crippen molar-refractivity contribution in [3.63, 3.8) is 0 Å². The van der Waals surface area contributed by atoms with Gasteiger partial charge in [0.25, 0.3) is 0 Å². The van der Waals surface area contributed by atoms with Crippen LogP contribution in [0, 0.1) is 16.7 Å². The van der Waals surface area contributed by atoms with Gasteiger partial charge in [-0.25, -0.2) is 0 Å². The van der Waals surface area contributed by atoms with E-state index in [1.54, 1.807) is 6.08 Å². The number of allylic oxidation sites excluding steroid dienone is 2. The van der Waals surface area contributed by atoms with E-state index in [-0.39, 0.29) is 0 Å². The SMILES string of the molecule is N#C/C=C1\CC2(CC2)C2(CC2)c2c(Br)cccc21. The summed E-state index contributed by atoms with van der Waals surface area (Å²) >= 11 is 3.75. The minimum atomic E-state index is 0.440. The van der Waals surface area contributed by atoms with Gasteiger partial charge in [0.05, 0.1) is 6.07 Å². The average Bonchev–Trinajstić information content (AvgIpc) is 3.21. The van der Waals surface area contributed by atoms with E-state index in [1.807, 2.05) is 0 Å². The fraction of sp³-hybridized carbons (Fsp3) is 0.438. The van der Waals surface area contributed by atoms with Crippen LogP contribution in [0.25, 0.3) is 5.57 Å². The first-order valence-corrected chi connectivity index (χ1v) is 7.40. The highest BCUT2D eigenvalue weighted by Crippen LogP contribution is 2.76. The molecule has 1 aromatic carbocycles. The first-order valence-electron chi connectivity index (χ1n) is 6.61. The molecule has 1 nitrogen and oxygen atoms in total. The van der Waals surface area contributed by atoms with Crippen molar-refractivity contribution in [2.75, 3.05) is 0 Å². The molecule has 18 heavy (non-hydrogen) atoms. The molecule has 1 aromatic rings. The number of benzene rings is 1. The molecule has 3 aliphatic carbocycles. The molecular formula is C16H14BrN. The second kappa shape index (κ2) is 3.27. The van der Waals surface area contributed by atoms with Gasteiger partial charge in [0.15, 0.2) is 0 Å². The zero-order valence-corrected chi connectivity index (χ0v) is 11.8. The van der Waals surface area contributed by atoms with Crippen molar-refractivity contribution in [3.05, 3.63) is 39.9 Å². The molecule has 90 valence electrons. The molecule has 0 radical (unpaired) electrons. The van der Waals surface area contributed by atoms with Crippen LogP contribution in [0.2, 0.25) is 0 Å². The summed E-state index contributed by atoms with van der Waals surface area (Å²) in [7, 11) is 0. The van der Waals surface area contributed by atoms with Gasteiger partial charge in [-0.05, 0) is 60.3 Å². The van der Waals surface area contributed by atoms with Gasteiger partial charge in [-0.2, -0.15) is 5.26 Å². The minimum absolute atomic E-state index is 0.440. The number of fused-ring (bicyclic) bond motifs is 3. The van der Waals surface area contributed by atoms with E-state index in [4.69, 9.17) is 5.26 Å². The molecule has 2 heteroatoms. The lowest BCUT2D eigenvalue weighted by Gasteiger charge is -2.36. The summed E-state index contributed by atoms with van der Waals surface area (Å²) in [5, 5.41) is 9.01. The Balaban J connectivity index is 2.01. The number of halogens is 1. The standard InChI is InChI=1S/C16H14BrN/c17-13-3-1-2-12-11(4-9-18)10-15(5-6-15)16(7-8-16)14(12)13/h1-4H,5-8,10H2/b11-4+. The normalized spacial score (nSPS) is 27.0. The molecule has 0 amide bonds. The third kappa shape index (κ3) is 1.16. The lowest BCUT2D eigenvalue weighted by Crippen LogP contribution is -2.28. The third-order valence-corrected chi connectivity index (χ3v) is 5.89. The van der Waals surface area contributed by atoms with Crippen LogP contribution in [0.15, 0.2) is 28.7 Å². The van der Waals surface area contributed by atoms with Crippen LogP contribution in [-0.4, -0.2) is 0 Å². The molecule has 4 rings (SSSR count). The van der Waals surface area contributed by atoms with Crippen LogP contribution in [0.1, 0.15) is 43.2 Å². The van der Waals surface area contributed by atoms with Crippen LogP contribution in [0.3, 0.4) is 0 Å². The van der Waals surface area contributed by atoms with Crippen molar-refractivity contribution >= 4 is 21.5 Å².